The molecule has 39 heavy (non-hydrogen) atoms. The van der Waals surface area contributed by atoms with Gasteiger partial charge in [0.15, 0.2) is 23.0 Å². The van der Waals surface area contributed by atoms with Gasteiger partial charge >= 0.3 is 12.6 Å². The summed E-state index contributed by atoms with van der Waals surface area (Å²) in [5.41, 5.74) is -0.703. The van der Waals surface area contributed by atoms with Gasteiger partial charge in [0, 0.05) is 19.2 Å². The summed E-state index contributed by atoms with van der Waals surface area (Å²) < 4.78 is 57.9. The molecule has 2 aromatic heterocycles. The summed E-state index contributed by atoms with van der Waals surface area (Å²) in [5, 5.41) is 18.3. The monoisotopic (exact) mass is 549 g/mol. The predicted octanol–water partition coefficient (Wildman–Crippen LogP) is 3.47. The molecule has 0 radical (unpaired) electrons. The van der Waals surface area contributed by atoms with Gasteiger partial charge in [-0.25, -0.2) is 18.3 Å². The van der Waals surface area contributed by atoms with E-state index in [4.69, 9.17) is 0 Å². The van der Waals surface area contributed by atoms with Gasteiger partial charge in [-0.2, -0.15) is 13.9 Å². The van der Waals surface area contributed by atoms with Crippen molar-refractivity contribution in [1.82, 2.24) is 25.2 Å². The molecule has 3 N–H and O–H groups in total. The van der Waals surface area contributed by atoms with Crippen molar-refractivity contribution in [2.24, 2.45) is 5.41 Å². The highest BCUT2D eigenvalue weighted by Crippen LogP contribution is 2.35. The molecule has 4 rings (SSSR count). The van der Waals surface area contributed by atoms with Crippen LogP contribution in [0.5, 0.6) is 5.75 Å². The number of hydrogen-bond donors (Lipinski definition) is 3. The maximum absolute atomic E-state index is 14.3. The van der Waals surface area contributed by atoms with Crippen molar-refractivity contribution in [3.63, 3.8) is 0 Å². The number of benzene rings is 1. The molecular weight excluding hydrogens is 526 g/mol. The van der Waals surface area contributed by atoms with Crippen molar-refractivity contribution < 1.29 is 41.8 Å². The zero-order valence-electron chi connectivity index (χ0n) is 20.5. The number of carboxylic acids is 1. The largest absolute Gasteiger partial charge is 0.481 e. The molecule has 0 saturated carbocycles. The maximum Gasteiger partial charge on any atom is 0.387 e. The first-order chi connectivity index (χ1) is 18.5. The van der Waals surface area contributed by atoms with E-state index >= 15 is 0 Å². The number of amides is 2. The second-order valence-corrected chi connectivity index (χ2v) is 9.20. The van der Waals surface area contributed by atoms with E-state index in [2.05, 4.69) is 25.5 Å². The molecule has 1 aliphatic carbocycles. The van der Waals surface area contributed by atoms with Crippen LogP contribution < -0.4 is 15.4 Å². The Morgan fingerprint density at radius 2 is 1.87 bits per heavy atom. The first kappa shape index (κ1) is 27.5. The fourth-order valence-electron chi connectivity index (χ4n) is 3.98. The van der Waals surface area contributed by atoms with E-state index in [0.29, 0.717) is 19.3 Å². The minimum Gasteiger partial charge on any atom is -0.481 e. The summed E-state index contributed by atoms with van der Waals surface area (Å²) in [6.07, 6.45) is 3.78. The summed E-state index contributed by atoms with van der Waals surface area (Å²) in [6.45, 7) is -1.72. The third kappa shape index (κ3) is 6.16. The molecule has 0 saturated heterocycles. The number of rotatable bonds is 9. The van der Waals surface area contributed by atoms with Gasteiger partial charge in [-0.05, 0) is 43.9 Å². The molecule has 0 bridgehead atoms. The van der Waals surface area contributed by atoms with E-state index in [-0.39, 0.29) is 35.7 Å². The number of halogens is 4. The smallest absolute Gasteiger partial charge is 0.387 e. The highest BCUT2D eigenvalue weighted by atomic mass is 19.3. The highest BCUT2D eigenvalue weighted by molar-refractivity contribution is 5.98. The van der Waals surface area contributed by atoms with Crippen molar-refractivity contribution in [1.29, 1.82) is 0 Å². The number of nitrogens with one attached hydrogen (secondary N) is 2. The summed E-state index contributed by atoms with van der Waals surface area (Å²) in [6, 6.07) is 4.25. The van der Waals surface area contributed by atoms with Crippen LogP contribution in [0, 0.1) is 17.0 Å². The van der Waals surface area contributed by atoms with Crippen LogP contribution in [0.2, 0.25) is 0 Å². The van der Waals surface area contributed by atoms with Gasteiger partial charge < -0.3 is 20.5 Å². The Hall–Kier alpha value is -4.49. The molecule has 14 heteroatoms. The number of aromatic nitrogens is 3. The molecule has 2 amide bonds. The molecule has 206 valence electrons. The lowest BCUT2D eigenvalue weighted by Gasteiger charge is -2.28. The number of carboxylic acid groups (broad SMARTS) is 1. The molecule has 1 atom stereocenters. The quantitative estimate of drug-likeness (QED) is 0.275. The van der Waals surface area contributed by atoms with Crippen LogP contribution in [0.25, 0.3) is 5.65 Å². The average molecular weight is 549 g/mol. The molecule has 1 aliphatic rings. The van der Waals surface area contributed by atoms with Crippen molar-refractivity contribution in [2.75, 3.05) is 6.54 Å². The fourth-order valence-corrected chi connectivity index (χ4v) is 3.98. The molecule has 10 nitrogen and oxygen atoms in total. The summed E-state index contributed by atoms with van der Waals surface area (Å²) >= 11 is 0. The van der Waals surface area contributed by atoms with Gasteiger partial charge in [-0.1, -0.05) is 17.7 Å². The number of carbonyl (C=O) groups is 3. The van der Waals surface area contributed by atoms with Gasteiger partial charge in [0.1, 0.15) is 11.4 Å². The normalized spacial score (nSPS) is 17.1. The van der Waals surface area contributed by atoms with E-state index in [1.54, 1.807) is 13.0 Å². The number of hydrogen-bond acceptors (Lipinski definition) is 6. The minimum absolute atomic E-state index is 0.108. The summed E-state index contributed by atoms with van der Waals surface area (Å²) in [5.74, 6) is -4.99. The van der Waals surface area contributed by atoms with Crippen molar-refractivity contribution >= 4 is 23.4 Å². The summed E-state index contributed by atoms with van der Waals surface area (Å²) in [4.78, 5) is 41.1. The molecule has 2 heterocycles. The Labute approximate surface area is 218 Å². The third-order valence-electron chi connectivity index (χ3n) is 6.39. The van der Waals surface area contributed by atoms with Crippen LogP contribution in [0.3, 0.4) is 0 Å². The fraction of sp³-hybridized carbons (Fsp3) is 0.320. The zero-order chi connectivity index (χ0) is 28.3. The first-order valence-electron chi connectivity index (χ1n) is 11.7. The number of nitrogens with zero attached hydrogens (tertiary/aromatic N) is 3. The number of alkyl halides is 2. The van der Waals surface area contributed by atoms with E-state index in [0.717, 1.165) is 34.5 Å². The second kappa shape index (κ2) is 11.1. The van der Waals surface area contributed by atoms with Gasteiger partial charge in [0.25, 0.3) is 11.8 Å². The first-order valence-corrected chi connectivity index (χ1v) is 11.7. The third-order valence-corrected chi connectivity index (χ3v) is 6.39. The van der Waals surface area contributed by atoms with E-state index in [1.807, 2.05) is 0 Å². The average Bonchev–Trinajstić information content (AvgIpc) is 3.28. The SMILES string of the molecule is CC1(C(=O)O)CC=C(CNC(=O)c2cc(C(=O)NCc3ccc(F)c(OC(F)F)c3)nc3c(F)cnn23)CC1. The molecule has 3 aromatic rings. The Balaban J connectivity index is 1.49. The van der Waals surface area contributed by atoms with Crippen molar-refractivity contribution in [3.05, 3.63) is 70.7 Å². The molecule has 0 spiro atoms. The predicted molar refractivity (Wildman–Crippen MR) is 127 cm³/mol. The number of allylic oxidation sites excluding steroid dienone is 1. The van der Waals surface area contributed by atoms with Gasteiger partial charge in [0.05, 0.1) is 11.6 Å². The Kier molecular flexibility index (Phi) is 7.83. The van der Waals surface area contributed by atoms with Crippen LogP contribution in [-0.4, -0.2) is 50.6 Å². The number of fused-ring (bicyclic) bond motifs is 1. The van der Waals surface area contributed by atoms with Crippen LogP contribution >= 0.6 is 0 Å². The van der Waals surface area contributed by atoms with E-state index in [9.17, 15) is 37.1 Å². The summed E-state index contributed by atoms with van der Waals surface area (Å²) in [7, 11) is 0. The van der Waals surface area contributed by atoms with Crippen LogP contribution in [0.4, 0.5) is 17.6 Å². The van der Waals surface area contributed by atoms with Crippen molar-refractivity contribution in [3.8, 4) is 5.75 Å². The van der Waals surface area contributed by atoms with Crippen LogP contribution in [0.15, 0.2) is 42.1 Å². The maximum atomic E-state index is 14.3. The number of ether oxygens (including phenoxy) is 1. The minimum atomic E-state index is -3.24. The van der Waals surface area contributed by atoms with Crippen molar-refractivity contribution in [2.45, 2.75) is 39.3 Å². The van der Waals surface area contributed by atoms with E-state index < -0.39 is 47.2 Å². The molecule has 0 aliphatic heterocycles. The lowest BCUT2D eigenvalue weighted by molar-refractivity contribution is -0.148. The number of carbonyl (C=O) groups excluding carboxylic acids is 2. The second-order valence-electron chi connectivity index (χ2n) is 9.20. The molecule has 1 unspecified atom stereocenters. The Bertz CT molecular complexity index is 1470. The van der Waals surface area contributed by atoms with Gasteiger partial charge in [-0.15, -0.1) is 0 Å². The van der Waals surface area contributed by atoms with E-state index in [1.165, 1.54) is 6.07 Å². The number of aliphatic carboxylic acids is 1. The van der Waals surface area contributed by atoms with Gasteiger partial charge in [-0.3, -0.25) is 14.4 Å². The van der Waals surface area contributed by atoms with Gasteiger partial charge in [0.2, 0.25) is 0 Å². The lowest BCUT2D eigenvalue weighted by Crippen LogP contribution is -2.33. The Morgan fingerprint density at radius 3 is 2.54 bits per heavy atom. The topological polar surface area (TPSA) is 135 Å². The highest BCUT2D eigenvalue weighted by Gasteiger charge is 2.34. The van der Waals surface area contributed by atoms with Crippen LogP contribution in [0.1, 0.15) is 52.7 Å². The molecule has 0 fully saturated rings. The Morgan fingerprint density at radius 1 is 1.13 bits per heavy atom. The molecular formula is C25H23F4N5O5. The van der Waals surface area contributed by atoms with Crippen LogP contribution in [-0.2, 0) is 11.3 Å². The lowest BCUT2D eigenvalue weighted by atomic mass is 9.76. The standard InChI is InChI=1S/C25H23F4N5O5/c1-25(23(37)38)6-4-13(5-7-25)10-31-22(36)18-9-17(33-20-16(27)12-32-34(18)20)21(35)30-11-14-2-3-15(26)19(8-14)39-24(28)29/h2-4,8-9,12,24H,5-7,10-11H2,1H3,(H,30,35)(H,31,36)(H,37,38). The molecule has 1 aromatic carbocycles. The zero-order valence-corrected chi connectivity index (χ0v) is 20.5.